The van der Waals surface area contributed by atoms with E-state index in [9.17, 15) is 9.59 Å². The van der Waals surface area contributed by atoms with E-state index in [0.717, 1.165) is 0 Å². The number of hydrogen-bond acceptors (Lipinski definition) is 4. The molecule has 7 nitrogen and oxygen atoms in total. The third kappa shape index (κ3) is 3.85. The van der Waals surface area contributed by atoms with E-state index >= 15 is 0 Å². The first-order valence-electron chi connectivity index (χ1n) is 7.54. The number of carbonyl (C=O) groups is 2. The highest BCUT2D eigenvalue weighted by Crippen LogP contribution is 2.34. The molecule has 7 heteroatoms. The van der Waals surface area contributed by atoms with Gasteiger partial charge < -0.3 is 19.7 Å². The van der Waals surface area contributed by atoms with Crippen molar-refractivity contribution in [2.45, 2.75) is 19.9 Å². The van der Waals surface area contributed by atoms with Gasteiger partial charge in [-0.3, -0.25) is 9.69 Å². The van der Waals surface area contributed by atoms with Crippen LogP contribution < -0.4 is 19.7 Å². The van der Waals surface area contributed by atoms with Gasteiger partial charge in [-0.2, -0.15) is 0 Å². The number of anilines is 1. The Morgan fingerprint density at radius 2 is 2.00 bits per heavy atom. The van der Waals surface area contributed by atoms with Crippen molar-refractivity contribution in [1.82, 2.24) is 10.2 Å². The van der Waals surface area contributed by atoms with Crippen LogP contribution in [0.25, 0.3) is 0 Å². The topological polar surface area (TPSA) is 71.1 Å². The summed E-state index contributed by atoms with van der Waals surface area (Å²) < 4.78 is 10.5. The highest BCUT2D eigenvalue weighted by Gasteiger charge is 2.32. The minimum atomic E-state index is -0.213. The molecule has 1 saturated heterocycles. The lowest BCUT2D eigenvalue weighted by Crippen LogP contribution is -2.42. The molecule has 0 spiro atoms. The van der Waals surface area contributed by atoms with Crippen molar-refractivity contribution in [2.24, 2.45) is 0 Å². The summed E-state index contributed by atoms with van der Waals surface area (Å²) in [6.45, 7) is 4.82. The molecule has 2 rings (SSSR count). The second-order valence-electron chi connectivity index (χ2n) is 5.62. The molecule has 1 aromatic carbocycles. The summed E-state index contributed by atoms with van der Waals surface area (Å²) in [5.74, 6) is 1.07. The molecule has 3 amide bonds. The maximum Gasteiger partial charge on any atom is 0.325 e. The van der Waals surface area contributed by atoms with E-state index < -0.39 is 0 Å². The molecule has 1 fully saturated rings. The SMILES string of the molecule is COc1ccc(OC)c(N2CCN(CC(=O)NC(C)C)C2=O)c1. The first-order valence-corrected chi connectivity index (χ1v) is 7.54. The van der Waals surface area contributed by atoms with Crippen LogP contribution in [0, 0.1) is 0 Å². The van der Waals surface area contributed by atoms with Gasteiger partial charge in [0.05, 0.1) is 19.9 Å². The fourth-order valence-electron chi connectivity index (χ4n) is 2.50. The number of nitrogens with zero attached hydrogens (tertiary/aromatic N) is 2. The van der Waals surface area contributed by atoms with Crippen LogP contribution in [0.4, 0.5) is 10.5 Å². The predicted molar refractivity (Wildman–Crippen MR) is 87.1 cm³/mol. The second kappa shape index (κ2) is 7.21. The predicted octanol–water partition coefficient (Wildman–Crippen LogP) is 1.47. The Bertz CT molecular complexity index is 589. The number of carbonyl (C=O) groups excluding carboxylic acids is 2. The number of urea groups is 1. The number of benzene rings is 1. The van der Waals surface area contributed by atoms with E-state index in [1.54, 1.807) is 37.3 Å². The normalized spacial score (nSPS) is 14.4. The third-order valence-electron chi connectivity index (χ3n) is 3.56. The van der Waals surface area contributed by atoms with Crippen LogP contribution in [0.5, 0.6) is 11.5 Å². The standard InChI is InChI=1S/C16H23N3O4/c1-11(2)17-15(20)10-18-7-8-19(16(18)21)13-9-12(22-3)5-6-14(13)23-4/h5-6,9,11H,7-8,10H2,1-4H3,(H,17,20). The van der Waals surface area contributed by atoms with E-state index in [1.807, 2.05) is 13.8 Å². The van der Waals surface area contributed by atoms with E-state index in [1.165, 1.54) is 4.90 Å². The fraction of sp³-hybridized carbons (Fsp3) is 0.500. The zero-order valence-corrected chi connectivity index (χ0v) is 14.0. The molecule has 23 heavy (non-hydrogen) atoms. The smallest absolute Gasteiger partial charge is 0.325 e. The van der Waals surface area contributed by atoms with Crippen LogP contribution in [0.3, 0.4) is 0 Å². The fourth-order valence-corrected chi connectivity index (χ4v) is 2.50. The molecule has 0 unspecified atom stereocenters. The van der Waals surface area contributed by atoms with Crippen molar-refractivity contribution >= 4 is 17.6 Å². The second-order valence-corrected chi connectivity index (χ2v) is 5.62. The van der Waals surface area contributed by atoms with Gasteiger partial charge in [-0.25, -0.2) is 4.79 Å². The van der Waals surface area contributed by atoms with Crippen molar-refractivity contribution in [1.29, 1.82) is 0 Å². The van der Waals surface area contributed by atoms with Gasteiger partial charge in [0.2, 0.25) is 5.91 Å². The molecule has 1 aromatic rings. The first-order chi connectivity index (χ1) is 11.0. The molecule has 0 radical (unpaired) electrons. The molecule has 0 bridgehead atoms. The number of methoxy groups -OCH3 is 2. The first kappa shape index (κ1) is 16.9. The minimum absolute atomic E-state index is 0.0507. The van der Waals surface area contributed by atoms with Crippen molar-refractivity contribution in [3.8, 4) is 11.5 Å². The number of hydrogen-bond donors (Lipinski definition) is 1. The Labute approximate surface area is 136 Å². The Morgan fingerprint density at radius 1 is 1.26 bits per heavy atom. The maximum absolute atomic E-state index is 12.6. The van der Waals surface area contributed by atoms with E-state index in [0.29, 0.717) is 30.3 Å². The van der Waals surface area contributed by atoms with Crippen LogP contribution in [0.1, 0.15) is 13.8 Å². The average molecular weight is 321 g/mol. The van der Waals surface area contributed by atoms with Crippen LogP contribution in [-0.2, 0) is 4.79 Å². The zero-order valence-electron chi connectivity index (χ0n) is 14.0. The largest absolute Gasteiger partial charge is 0.497 e. The lowest BCUT2D eigenvalue weighted by molar-refractivity contribution is -0.122. The molecule has 1 N–H and O–H groups in total. The number of rotatable bonds is 6. The molecular weight excluding hydrogens is 298 g/mol. The van der Waals surface area contributed by atoms with Gasteiger partial charge >= 0.3 is 6.03 Å². The van der Waals surface area contributed by atoms with Gasteiger partial charge in [0, 0.05) is 25.2 Å². The summed E-state index contributed by atoms with van der Waals surface area (Å²) in [4.78, 5) is 27.5. The average Bonchev–Trinajstić information content (AvgIpc) is 2.86. The molecule has 0 aliphatic carbocycles. The number of ether oxygens (including phenoxy) is 2. The van der Waals surface area contributed by atoms with Gasteiger partial charge in [-0.15, -0.1) is 0 Å². The van der Waals surface area contributed by atoms with Crippen molar-refractivity contribution in [3.05, 3.63) is 18.2 Å². The van der Waals surface area contributed by atoms with Crippen molar-refractivity contribution in [3.63, 3.8) is 0 Å². The number of nitrogens with one attached hydrogen (secondary N) is 1. The van der Waals surface area contributed by atoms with Gasteiger partial charge in [0.1, 0.15) is 18.0 Å². The minimum Gasteiger partial charge on any atom is -0.497 e. The molecule has 1 aliphatic rings. The zero-order chi connectivity index (χ0) is 17.0. The van der Waals surface area contributed by atoms with E-state index in [-0.39, 0.29) is 24.5 Å². The van der Waals surface area contributed by atoms with E-state index in [2.05, 4.69) is 5.32 Å². The summed E-state index contributed by atoms with van der Waals surface area (Å²) in [5, 5.41) is 2.79. The Balaban J connectivity index is 2.14. The van der Waals surface area contributed by atoms with Gasteiger partial charge in [0.25, 0.3) is 0 Å². The van der Waals surface area contributed by atoms with Crippen LogP contribution in [0.2, 0.25) is 0 Å². The summed E-state index contributed by atoms with van der Waals surface area (Å²) >= 11 is 0. The van der Waals surface area contributed by atoms with Crippen LogP contribution in [0.15, 0.2) is 18.2 Å². The molecule has 0 atom stereocenters. The summed E-state index contributed by atoms with van der Waals surface area (Å²) in [7, 11) is 3.12. The van der Waals surface area contributed by atoms with Gasteiger partial charge in [0.15, 0.2) is 0 Å². The third-order valence-corrected chi connectivity index (χ3v) is 3.56. The van der Waals surface area contributed by atoms with Crippen LogP contribution in [-0.4, -0.2) is 56.7 Å². The summed E-state index contributed by atoms with van der Waals surface area (Å²) in [6, 6.07) is 5.13. The molecular formula is C16H23N3O4. The summed E-state index contributed by atoms with van der Waals surface area (Å²) in [5.41, 5.74) is 0.642. The van der Waals surface area contributed by atoms with E-state index in [4.69, 9.17) is 9.47 Å². The van der Waals surface area contributed by atoms with Crippen molar-refractivity contribution in [2.75, 3.05) is 38.8 Å². The van der Waals surface area contributed by atoms with Crippen molar-refractivity contribution < 1.29 is 19.1 Å². The molecule has 126 valence electrons. The number of amides is 3. The van der Waals surface area contributed by atoms with Gasteiger partial charge in [-0.1, -0.05) is 0 Å². The molecule has 0 saturated carbocycles. The Kier molecular flexibility index (Phi) is 5.31. The Hall–Kier alpha value is -2.44. The molecule has 1 aliphatic heterocycles. The Morgan fingerprint density at radius 3 is 2.61 bits per heavy atom. The lowest BCUT2D eigenvalue weighted by Gasteiger charge is -2.21. The lowest BCUT2D eigenvalue weighted by atomic mass is 10.2. The highest BCUT2D eigenvalue weighted by atomic mass is 16.5. The highest BCUT2D eigenvalue weighted by molar-refractivity contribution is 5.97. The summed E-state index contributed by atoms with van der Waals surface area (Å²) in [6.07, 6.45) is 0. The monoisotopic (exact) mass is 321 g/mol. The quantitative estimate of drug-likeness (QED) is 0.861. The maximum atomic E-state index is 12.6. The molecule has 1 heterocycles. The van der Waals surface area contributed by atoms with Gasteiger partial charge in [-0.05, 0) is 26.0 Å². The molecule has 0 aromatic heterocycles. The van der Waals surface area contributed by atoms with Crippen LogP contribution >= 0.6 is 0 Å².